The summed E-state index contributed by atoms with van der Waals surface area (Å²) in [5.74, 6) is -0.363. The second-order valence-electron chi connectivity index (χ2n) is 7.71. The van der Waals surface area contributed by atoms with Gasteiger partial charge in [-0.1, -0.05) is 52.3 Å². The van der Waals surface area contributed by atoms with E-state index in [1.165, 1.54) is 12.7 Å². The number of methoxy groups -OCH3 is 1. The third kappa shape index (κ3) is 4.23. The van der Waals surface area contributed by atoms with Gasteiger partial charge in [0.15, 0.2) is 0 Å². The van der Waals surface area contributed by atoms with Crippen molar-refractivity contribution in [2.45, 2.75) is 37.9 Å². The van der Waals surface area contributed by atoms with Gasteiger partial charge in [-0.2, -0.15) is 0 Å². The second-order valence-corrected chi connectivity index (χ2v) is 8.63. The van der Waals surface area contributed by atoms with Gasteiger partial charge in [0.2, 0.25) is 5.91 Å². The number of carbonyl (C=O) groups is 2. The van der Waals surface area contributed by atoms with E-state index in [1.54, 1.807) is 4.90 Å². The maximum Gasteiger partial charge on any atom is 0.328 e. The SMILES string of the molecule is COC(=O)C1Cc2ccccc2CN1C(=O)CN1CCCC1c1ccc(Br)cc1. The smallest absolute Gasteiger partial charge is 0.328 e. The predicted molar refractivity (Wildman–Crippen MR) is 114 cm³/mol. The number of fused-ring (bicyclic) bond motifs is 1. The molecule has 2 aromatic carbocycles. The average Bonchev–Trinajstić information content (AvgIpc) is 3.20. The molecule has 152 valence electrons. The maximum absolute atomic E-state index is 13.3. The number of ether oxygens (including phenoxy) is 1. The lowest BCUT2D eigenvalue weighted by molar-refractivity contribution is -0.154. The second kappa shape index (κ2) is 8.67. The van der Waals surface area contributed by atoms with Gasteiger partial charge in [0, 0.05) is 23.5 Å². The van der Waals surface area contributed by atoms with E-state index in [0.29, 0.717) is 19.5 Å². The summed E-state index contributed by atoms with van der Waals surface area (Å²) in [5, 5.41) is 0. The zero-order valence-electron chi connectivity index (χ0n) is 16.5. The molecule has 0 aliphatic carbocycles. The zero-order chi connectivity index (χ0) is 20.4. The summed E-state index contributed by atoms with van der Waals surface area (Å²) in [6.07, 6.45) is 2.61. The summed E-state index contributed by atoms with van der Waals surface area (Å²) < 4.78 is 6.06. The first-order valence-corrected chi connectivity index (χ1v) is 10.8. The highest BCUT2D eigenvalue weighted by Gasteiger charge is 2.37. The Morgan fingerprint density at radius 3 is 2.55 bits per heavy atom. The number of amides is 1. The average molecular weight is 457 g/mol. The van der Waals surface area contributed by atoms with Gasteiger partial charge in [-0.05, 0) is 48.2 Å². The molecule has 0 radical (unpaired) electrons. The molecule has 6 heteroatoms. The number of hydrogen-bond donors (Lipinski definition) is 0. The highest BCUT2D eigenvalue weighted by atomic mass is 79.9. The van der Waals surface area contributed by atoms with Crippen LogP contribution in [0, 0.1) is 0 Å². The van der Waals surface area contributed by atoms with Crippen LogP contribution in [0.15, 0.2) is 53.0 Å². The van der Waals surface area contributed by atoms with Gasteiger partial charge in [0.1, 0.15) is 6.04 Å². The fourth-order valence-corrected chi connectivity index (χ4v) is 4.74. The van der Waals surface area contributed by atoms with Crippen molar-refractivity contribution in [2.75, 3.05) is 20.2 Å². The largest absolute Gasteiger partial charge is 0.467 e. The van der Waals surface area contributed by atoms with Crippen molar-refractivity contribution in [3.63, 3.8) is 0 Å². The minimum atomic E-state index is -0.559. The Hall–Kier alpha value is -2.18. The van der Waals surface area contributed by atoms with Gasteiger partial charge in [-0.15, -0.1) is 0 Å². The lowest BCUT2D eigenvalue weighted by Crippen LogP contribution is -2.51. The molecule has 0 saturated carbocycles. The lowest BCUT2D eigenvalue weighted by Gasteiger charge is -2.36. The molecule has 2 atom stereocenters. The number of rotatable bonds is 4. The van der Waals surface area contributed by atoms with Gasteiger partial charge in [-0.25, -0.2) is 4.79 Å². The molecule has 0 spiro atoms. The molecule has 2 aliphatic heterocycles. The Morgan fingerprint density at radius 2 is 1.83 bits per heavy atom. The third-order valence-electron chi connectivity index (χ3n) is 6.00. The summed E-state index contributed by atoms with van der Waals surface area (Å²) in [5.41, 5.74) is 3.44. The van der Waals surface area contributed by atoms with Gasteiger partial charge < -0.3 is 9.64 Å². The van der Waals surface area contributed by atoms with Crippen molar-refractivity contribution in [3.05, 3.63) is 69.7 Å². The van der Waals surface area contributed by atoms with E-state index in [4.69, 9.17) is 4.74 Å². The maximum atomic E-state index is 13.3. The fraction of sp³-hybridized carbons (Fsp3) is 0.391. The van der Waals surface area contributed by atoms with Crippen LogP contribution in [-0.4, -0.2) is 47.9 Å². The molecule has 0 bridgehead atoms. The van der Waals surface area contributed by atoms with Crippen molar-refractivity contribution < 1.29 is 14.3 Å². The van der Waals surface area contributed by atoms with Crippen molar-refractivity contribution in [2.24, 2.45) is 0 Å². The highest BCUT2D eigenvalue weighted by Crippen LogP contribution is 2.33. The van der Waals surface area contributed by atoms with Crippen molar-refractivity contribution in [1.82, 2.24) is 9.80 Å². The molecule has 2 aromatic rings. The predicted octanol–water partition coefficient (Wildman–Crippen LogP) is 3.71. The molecule has 0 aromatic heterocycles. The lowest BCUT2D eigenvalue weighted by atomic mass is 9.94. The van der Waals surface area contributed by atoms with Crippen LogP contribution >= 0.6 is 15.9 Å². The van der Waals surface area contributed by atoms with Crippen LogP contribution in [0.2, 0.25) is 0 Å². The molecule has 0 N–H and O–H groups in total. The Balaban J connectivity index is 1.52. The van der Waals surface area contributed by atoms with Gasteiger partial charge in [0.25, 0.3) is 0 Å². The molecule has 5 nitrogen and oxygen atoms in total. The molecule has 1 saturated heterocycles. The van der Waals surface area contributed by atoms with Crippen LogP contribution in [0.25, 0.3) is 0 Å². The first-order valence-electron chi connectivity index (χ1n) is 10.0. The topological polar surface area (TPSA) is 49.9 Å². The zero-order valence-corrected chi connectivity index (χ0v) is 18.1. The number of benzene rings is 2. The van der Waals surface area contributed by atoms with E-state index in [-0.39, 0.29) is 17.9 Å². The molecule has 29 heavy (non-hydrogen) atoms. The Kier molecular flexibility index (Phi) is 6.01. The van der Waals surface area contributed by atoms with E-state index in [1.807, 2.05) is 36.4 Å². The van der Waals surface area contributed by atoms with E-state index >= 15 is 0 Å². The van der Waals surface area contributed by atoms with Crippen molar-refractivity contribution in [1.29, 1.82) is 0 Å². The number of nitrogens with zero attached hydrogens (tertiary/aromatic N) is 2. The molecule has 2 aliphatic rings. The van der Waals surface area contributed by atoms with E-state index in [9.17, 15) is 9.59 Å². The van der Waals surface area contributed by atoms with Crippen LogP contribution in [0.1, 0.15) is 35.6 Å². The molecule has 1 fully saturated rings. The first-order chi connectivity index (χ1) is 14.1. The Morgan fingerprint density at radius 1 is 1.10 bits per heavy atom. The van der Waals surface area contributed by atoms with Gasteiger partial charge in [0.05, 0.1) is 13.7 Å². The number of esters is 1. The fourth-order valence-electron chi connectivity index (χ4n) is 4.47. The van der Waals surface area contributed by atoms with E-state index in [2.05, 4.69) is 33.0 Å². The van der Waals surface area contributed by atoms with E-state index < -0.39 is 6.04 Å². The summed E-state index contributed by atoms with van der Waals surface area (Å²) >= 11 is 3.48. The molecule has 1 amide bonds. The first kappa shape index (κ1) is 20.1. The number of likely N-dealkylation sites (tertiary alicyclic amines) is 1. The summed E-state index contributed by atoms with van der Waals surface area (Å²) in [6.45, 7) is 1.65. The van der Waals surface area contributed by atoms with Crippen LogP contribution in [0.5, 0.6) is 0 Å². The highest BCUT2D eigenvalue weighted by molar-refractivity contribution is 9.10. The van der Waals surface area contributed by atoms with Gasteiger partial charge >= 0.3 is 5.97 Å². The normalized spacial score (nSPS) is 21.7. The van der Waals surface area contributed by atoms with Crippen LogP contribution in [-0.2, 0) is 27.3 Å². The van der Waals surface area contributed by atoms with Gasteiger partial charge in [-0.3, -0.25) is 9.69 Å². The molecule has 4 rings (SSSR count). The number of carbonyl (C=O) groups excluding carboxylic acids is 2. The van der Waals surface area contributed by atoms with Crippen LogP contribution in [0.3, 0.4) is 0 Å². The molecular formula is C23H25BrN2O3. The van der Waals surface area contributed by atoms with Crippen LogP contribution in [0.4, 0.5) is 0 Å². The monoisotopic (exact) mass is 456 g/mol. The summed E-state index contributed by atoms with van der Waals surface area (Å²) in [6, 6.07) is 16.0. The summed E-state index contributed by atoms with van der Waals surface area (Å²) in [7, 11) is 1.38. The minimum absolute atomic E-state index is 0.0149. The minimum Gasteiger partial charge on any atom is -0.467 e. The van der Waals surface area contributed by atoms with Crippen molar-refractivity contribution in [3.8, 4) is 0 Å². The summed E-state index contributed by atoms with van der Waals surface area (Å²) in [4.78, 5) is 29.6. The molecular weight excluding hydrogens is 432 g/mol. The standard InChI is InChI=1S/C23H25BrN2O3/c1-29-23(28)21-13-17-5-2-3-6-18(17)14-26(21)22(27)15-25-12-4-7-20(25)16-8-10-19(24)11-9-16/h2-3,5-6,8-11,20-21H,4,7,12-15H2,1H3. The number of hydrogen-bond acceptors (Lipinski definition) is 4. The van der Waals surface area contributed by atoms with E-state index in [0.717, 1.165) is 35.0 Å². The third-order valence-corrected chi connectivity index (χ3v) is 6.53. The van der Waals surface area contributed by atoms with Crippen molar-refractivity contribution >= 4 is 27.8 Å². The number of halogens is 1. The quantitative estimate of drug-likeness (QED) is 0.657. The Bertz CT molecular complexity index is 899. The molecule has 2 heterocycles. The Labute approximate surface area is 179 Å². The molecule has 2 unspecified atom stereocenters. The van der Waals surface area contributed by atoms with Crippen LogP contribution < -0.4 is 0 Å².